The predicted molar refractivity (Wildman–Crippen MR) is 142 cm³/mol. The fourth-order valence-electron chi connectivity index (χ4n) is 5.22. The van der Waals surface area contributed by atoms with Crippen molar-refractivity contribution in [1.82, 2.24) is 14.9 Å². The van der Waals surface area contributed by atoms with Gasteiger partial charge in [0.25, 0.3) is 0 Å². The molecule has 0 saturated carbocycles. The molecule has 2 aromatic carbocycles. The van der Waals surface area contributed by atoms with Crippen LogP contribution >= 0.6 is 12.2 Å². The lowest BCUT2D eigenvalue weighted by atomic mass is 9.96. The number of hydrogen-bond donors (Lipinski definition) is 1. The number of aromatic nitrogens is 2. The first-order valence-corrected chi connectivity index (χ1v) is 12.2. The highest BCUT2D eigenvalue weighted by atomic mass is 32.1. The minimum Gasteiger partial charge on any atom is -0.497 e. The summed E-state index contributed by atoms with van der Waals surface area (Å²) < 4.78 is 18.9. The SMILES string of the molecule is COc1cccc(N2C(=S)NC(c3ccccn3)C2c2cc(C)n(-c3ccc4c(c3)OCO4)c2C)c1. The molecule has 0 radical (unpaired) electrons. The third kappa shape index (κ3) is 3.65. The summed E-state index contributed by atoms with van der Waals surface area (Å²) in [7, 11) is 1.67. The zero-order chi connectivity index (χ0) is 24.8. The van der Waals surface area contributed by atoms with Crippen LogP contribution in [0.1, 0.15) is 34.7 Å². The van der Waals surface area contributed by atoms with Gasteiger partial charge >= 0.3 is 0 Å². The fourth-order valence-corrected chi connectivity index (χ4v) is 5.56. The van der Waals surface area contributed by atoms with Crippen LogP contribution in [-0.2, 0) is 0 Å². The molecule has 7 nitrogen and oxygen atoms in total. The van der Waals surface area contributed by atoms with Crippen LogP contribution < -0.4 is 24.4 Å². The molecule has 4 aromatic rings. The Kier molecular flexibility index (Phi) is 5.53. The number of anilines is 1. The molecule has 1 saturated heterocycles. The summed E-state index contributed by atoms with van der Waals surface area (Å²) in [5.74, 6) is 2.31. The van der Waals surface area contributed by atoms with Crippen LogP contribution in [0.3, 0.4) is 0 Å². The van der Waals surface area contributed by atoms with Gasteiger partial charge in [-0.1, -0.05) is 12.1 Å². The van der Waals surface area contributed by atoms with Crippen LogP contribution in [0.2, 0.25) is 0 Å². The Morgan fingerprint density at radius 1 is 0.972 bits per heavy atom. The van der Waals surface area contributed by atoms with Crippen LogP contribution in [0.5, 0.6) is 17.2 Å². The van der Waals surface area contributed by atoms with Gasteiger partial charge in [0.15, 0.2) is 16.6 Å². The third-order valence-electron chi connectivity index (χ3n) is 6.83. The molecule has 0 aliphatic carbocycles. The summed E-state index contributed by atoms with van der Waals surface area (Å²) in [5, 5.41) is 4.19. The van der Waals surface area contributed by atoms with E-state index in [9.17, 15) is 0 Å². The molecule has 8 heteroatoms. The van der Waals surface area contributed by atoms with E-state index in [0.717, 1.165) is 51.3 Å². The number of ether oxygens (including phenoxy) is 3. The van der Waals surface area contributed by atoms with Gasteiger partial charge in [-0.25, -0.2) is 0 Å². The quantitative estimate of drug-likeness (QED) is 0.370. The number of aryl methyl sites for hydroxylation is 1. The standard InChI is InChI=1S/C28H26N4O3S/c1-17-13-22(18(2)31(17)20-10-11-24-25(15-20)35-16-34-24)27-26(23-9-4-5-12-29-23)30-28(36)32(27)19-7-6-8-21(14-19)33-3/h4-15,26-27H,16H2,1-3H3,(H,30,36). The topological polar surface area (TPSA) is 60.8 Å². The van der Waals surface area contributed by atoms with Crippen molar-refractivity contribution in [2.45, 2.75) is 25.9 Å². The van der Waals surface area contributed by atoms with Gasteiger partial charge in [0, 0.05) is 41.1 Å². The average Bonchev–Trinajstić information content (AvgIpc) is 3.59. The molecule has 2 aromatic heterocycles. The maximum atomic E-state index is 5.90. The van der Waals surface area contributed by atoms with Crippen molar-refractivity contribution in [3.05, 3.63) is 95.6 Å². The van der Waals surface area contributed by atoms with Crippen molar-refractivity contribution in [2.75, 3.05) is 18.8 Å². The Hall–Kier alpha value is -4.04. The van der Waals surface area contributed by atoms with Crippen LogP contribution in [0.4, 0.5) is 5.69 Å². The van der Waals surface area contributed by atoms with E-state index in [2.05, 4.69) is 51.8 Å². The lowest BCUT2D eigenvalue weighted by molar-refractivity contribution is 0.174. The molecule has 2 aliphatic heterocycles. The van der Waals surface area contributed by atoms with Gasteiger partial charge in [-0.15, -0.1) is 0 Å². The van der Waals surface area contributed by atoms with Crippen molar-refractivity contribution in [3.63, 3.8) is 0 Å². The van der Waals surface area contributed by atoms with E-state index in [0.29, 0.717) is 5.11 Å². The van der Waals surface area contributed by atoms with E-state index in [4.69, 9.17) is 26.4 Å². The van der Waals surface area contributed by atoms with Crippen molar-refractivity contribution < 1.29 is 14.2 Å². The second-order valence-electron chi connectivity index (χ2n) is 8.90. The summed E-state index contributed by atoms with van der Waals surface area (Å²) in [4.78, 5) is 6.85. The molecule has 0 spiro atoms. The average molecular weight is 499 g/mol. The van der Waals surface area contributed by atoms with Crippen LogP contribution in [-0.4, -0.2) is 28.6 Å². The van der Waals surface area contributed by atoms with Crippen LogP contribution in [0, 0.1) is 13.8 Å². The van der Waals surface area contributed by atoms with Gasteiger partial charge < -0.3 is 29.0 Å². The number of nitrogens with one attached hydrogen (secondary N) is 1. The molecule has 1 N–H and O–H groups in total. The molecule has 4 heterocycles. The van der Waals surface area contributed by atoms with E-state index in [1.165, 1.54) is 0 Å². The molecule has 0 bridgehead atoms. The van der Waals surface area contributed by atoms with E-state index >= 15 is 0 Å². The minimum absolute atomic E-state index is 0.117. The van der Waals surface area contributed by atoms with Gasteiger partial charge in [0.1, 0.15) is 5.75 Å². The second kappa shape index (κ2) is 8.87. The van der Waals surface area contributed by atoms with Crippen molar-refractivity contribution >= 4 is 23.0 Å². The van der Waals surface area contributed by atoms with Crippen molar-refractivity contribution in [2.24, 2.45) is 0 Å². The highest BCUT2D eigenvalue weighted by molar-refractivity contribution is 7.80. The smallest absolute Gasteiger partial charge is 0.231 e. The van der Waals surface area contributed by atoms with Crippen LogP contribution in [0.25, 0.3) is 5.69 Å². The first kappa shape index (κ1) is 22.4. The Morgan fingerprint density at radius 2 is 1.83 bits per heavy atom. The molecule has 2 atom stereocenters. The fraction of sp³-hybridized carbons (Fsp3) is 0.214. The number of rotatable bonds is 5. The summed E-state index contributed by atoms with van der Waals surface area (Å²) in [5.41, 5.74) is 6.32. The van der Waals surface area contributed by atoms with E-state index in [1.54, 1.807) is 7.11 Å². The first-order chi connectivity index (χ1) is 17.5. The molecule has 36 heavy (non-hydrogen) atoms. The van der Waals surface area contributed by atoms with Gasteiger partial charge in [-0.05, 0) is 74.1 Å². The molecule has 0 amide bonds. The summed E-state index contributed by atoms with van der Waals surface area (Å²) in [6, 6.07) is 22.0. The maximum absolute atomic E-state index is 5.90. The van der Waals surface area contributed by atoms with E-state index < -0.39 is 0 Å². The van der Waals surface area contributed by atoms with Gasteiger partial charge in [0.2, 0.25) is 6.79 Å². The molecular formula is C28H26N4O3S. The molecule has 182 valence electrons. The number of fused-ring (bicyclic) bond motifs is 1. The number of thiocarbonyl (C=S) groups is 1. The Balaban J connectivity index is 1.50. The molecule has 2 aliphatic rings. The number of benzene rings is 2. The van der Waals surface area contributed by atoms with Crippen molar-refractivity contribution in [3.8, 4) is 22.9 Å². The lowest BCUT2D eigenvalue weighted by Crippen LogP contribution is -2.29. The molecular weight excluding hydrogens is 472 g/mol. The van der Waals surface area contributed by atoms with E-state index in [-0.39, 0.29) is 18.9 Å². The molecule has 2 unspecified atom stereocenters. The first-order valence-electron chi connectivity index (χ1n) is 11.8. The zero-order valence-electron chi connectivity index (χ0n) is 20.3. The Morgan fingerprint density at radius 3 is 2.64 bits per heavy atom. The minimum atomic E-state index is -0.129. The van der Waals surface area contributed by atoms with Gasteiger partial charge in [-0.3, -0.25) is 4.98 Å². The number of pyridine rings is 1. The Labute approximate surface area is 215 Å². The summed E-state index contributed by atoms with van der Waals surface area (Å²) >= 11 is 5.90. The monoisotopic (exact) mass is 498 g/mol. The summed E-state index contributed by atoms with van der Waals surface area (Å²) in [6.45, 7) is 4.51. The predicted octanol–water partition coefficient (Wildman–Crippen LogP) is 5.40. The van der Waals surface area contributed by atoms with E-state index in [1.807, 2.05) is 54.7 Å². The highest BCUT2D eigenvalue weighted by Crippen LogP contribution is 2.44. The largest absolute Gasteiger partial charge is 0.497 e. The number of methoxy groups -OCH3 is 1. The zero-order valence-corrected chi connectivity index (χ0v) is 21.1. The lowest BCUT2D eigenvalue weighted by Gasteiger charge is -2.28. The highest BCUT2D eigenvalue weighted by Gasteiger charge is 2.42. The van der Waals surface area contributed by atoms with Crippen LogP contribution in [0.15, 0.2) is 72.9 Å². The number of hydrogen-bond acceptors (Lipinski definition) is 5. The molecule has 1 fully saturated rings. The molecule has 6 rings (SSSR count). The van der Waals surface area contributed by atoms with Crippen molar-refractivity contribution in [1.29, 1.82) is 0 Å². The second-order valence-corrected chi connectivity index (χ2v) is 9.28. The third-order valence-corrected chi connectivity index (χ3v) is 7.15. The van der Waals surface area contributed by atoms with Gasteiger partial charge in [-0.2, -0.15) is 0 Å². The maximum Gasteiger partial charge on any atom is 0.231 e. The summed E-state index contributed by atoms with van der Waals surface area (Å²) in [6.07, 6.45) is 1.82. The van der Waals surface area contributed by atoms with Gasteiger partial charge in [0.05, 0.1) is 24.9 Å². The number of nitrogens with zero attached hydrogens (tertiary/aromatic N) is 3. The normalized spacial score (nSPS) is 18.4. The Bertz CT molecular complexity index is 1450.